The third-order valence-corrected chi connectivity index (χ3v) is 2.97. The van der Waals surface area contributed by atoms with Gasteiger partial charge in [-0.25, -0.2) is 8.42 Å². The van der Waals surface area contributed by atoms with Gasteiger partial charge in [-0.05, 0) is 25.0 Å². The second-order valence-electron chi connectivity index (χ2n) is 4.49. The van der Waals surface area contributed by atoms with E-state index in [9.17, 15) is 13.5 Å². The second-order valence-corrected chi connectivity index (χ2v) is 7.27. The van der Waals surface area contributed by atoms with Gasteiger partial charge in [0, 0.05) is 17.1 Å². The molecule has 0 aliphatic rings. The van der Waals surface area contributed by atoms with Crippen LogP contribution in [0.5, 0.6) is 0 Å². The fourth-order valence-electron chi connectivity index (χ4n) is 1.53. The Morgan fingerprint density at radius 3 is 2.38 bits per heavy atom. The van der Waals surface area contributed by atoms with Crippen LogP contribution in [0.2, 0.25) is 0 Å². The Hall–Kier alpha value is -0.580. The zero-order valence-corrected chi connectivity index (χ0v) is 10.8. The highest BCUT2D eigenvalue weighted by atomic mass is 35.7. The van der Waals surface area contributed by atoms with Crippen molar-refractivity contribution in [3.8, 4) is 0 Å². The van der Waals surface area contributed by atoms with Gasteiger partial charge in [0.15, 0.2) is 0 Å². The fourth-order valence-corrected chi connectivity index (χ4v) is 2.48. The average molecular weight is 263 g/mol. The monoisotopic (exact) mass is 262 g/mol. The van der Waals surface area contributed by atoms with Gasteiger partial charge in [-0.1, -0.05) is 24.3 Å². The molecule has 1 aromatic rings. The third kappa shape index (κ3) is 5.49. The summed E-state index contributed by atoms with van der Waals surface area (Å²) in [5, 5.41) is 9.65. The van der Waals surface area contributed by atoms with Crippen LogP contribution in [0, 0.1) is 0 Å². The van der Waals surface area contributed by atoms with Crippen LogP contribution >= 0.6 is 10.7 Å². The predicted molar refractivity (Wildman–Crippen MR) is 64.9 cm³/mol. The lowest BCUT2D eigenvalue weighted by Gasteiger charge is -2.17. The maximum atomic E-state index is 10.9. The summed E-state index contributed by atoms with van der Waals surface area (Å²) < 4.78 is 21.8. The van der Waals surface area contributed by atoms with Crippen LogP contribution in [0.4, 0.5) is 0 Å². The van der Waals surface area contributed by atoms with Crippen LogP contribution < -0.4 is 0 Å². The van der Waals surface area contributed by atoms with E-state index in [1.807, 2.05) is 6.07 Å². The molecule has 16 heavy (non-hydrogen) atoms. The van der Waals surface area contributed by atoms with Crippen molar-refractivity contribution in [2.24, 2.45) is 0 Å². The first-order valence-electron chi connectivity index (χ1n) is 4.88. The van der Waals surface area contributed by atoms with Gasteiger partial charge in [0.25, 0.3) is 0 Å². The van der Waals surface area contributed by atoms with Crippen molar-refractivity contribution in [1.82, 2.24) is 0 Å². The minimum absolute atomic E-state index is 0.186. The molecule has 1 aromatic carbocycles. The Morgan fingerprint density at radius 1 is 1.31 bits per heavy atom. The van der Waals surface area contributed by atoms with E-state index in [1.54, 1.807) is 32.0 Å². The number of halogens is 1. The molecule has 0 unspecified atom stereocenters. The molecule has 0 aromatic heterocycles. The number of hydrogen-bond donors (Lipinski definition) is 1. The third-order valence-electron chi connectivity index (χ3n) is 1.97. The number of benzene rings is 1. The fraction of sp³-hybridized carbons (Fsp3) is 0.455. The smallest absolute Gasteiger partial charge is 0.236 e. The van der Waals surface area contributed by atoms with Gasteiger partial charge in [0.1, 0.15) is 0 Å². The highest BCUT2D eigenvalue weighted by Gasteiger charge is 2.14. The SMILES string of the molecule is CC(C)(O)Cc1cccc(CS(=O)(=O)Cl)c1. The molecule has 0 aliphatic carbocycles. The molecule has 1 N–H and O–H groups in total. The van der Waals surface area contributed by atoms with Gasteiger partial charge in [-0.15, -0.1) is 0 Å². The zero-order valence-electron chi connectivity index (χ0n) is 9.27. The van der Waals surface area contributed by atoms with Crippen molar-refractivity contribution in [1.29, 1.82) is 0 Å². The molecule has 3 nitrogen and oxygen atoms in total. The van der Waals surface area contributed by atoms with Gasteiger partial charge < -0.3 is 5.11 Å². The van der Waals surface area contributed by atoms with Gasteiger partial charge in [-0.2, -0.15) is 0 Å². The van der Waals surface area contributed by atoms with E-state index in [2.05, 4.69) is 0 Å². The van der Waals surface area contributed by atoms with Crippen molar-refractivity contribution in [2.75, 3.05) is 0 Å². The summed E-state index contributed by atoms with van der Waals surface area (Å²) in [7, 11) is 1.65. The van der Waals surface area contributed by atoms with Crippen molar-refractivity contribution < 1.29 is 13.5 Å². The molecule has 90 valence electrons. The van der Waals surface area contributed by atoms with E-state index in [4.69, 9.17) is 10.7 Å². The Kier molecular flexibility index (Phi) is 3.99. The van der Waals surface area contributed by atoms with Crippen LogP contribution in [-0.2, 0) is 21.2 Å². The van der Waals surface area contributed by atoms with E-state index in [1.165, 1.54) is 0 Å². The van der Waals surface area contributed by atoms with Crippen LogP contribution in [0.1, 0.15) is 25.0 Å². The quantitative estimate of drug-likeness (QED) is 0.845. The highest BCUT2D eigenvalue weighted by molar-refractivity contribution is 8.13. The Bertz CT molecular complexity index is 460. The van der Waals surface area contributed by atoms with Crippen molar-refractivity contribution in [3.63, 3.8) is 0 Å². The first-order chi connectivity index (χ1) is 7.16. The lowest BCUT2D eigenvalue weighted by molar-refractivity contribution is 0.0810. The molecule has 5 heteroatoms. The molecular formula is C11H15ClO3S. The largest absolute Gasteiger partial charge is 0.390 e. The molecule has 0 fully saturated rings. The molecule has 0 spiro atoms. The molecule has 0 aliphatic heterocycles. The van der Waals surface area contributed by atoms with Crippen molar-refractivity contribution in [3.05, 3.63) is 35.4 Å². The van der Waals surface area contributed by atoms with Crippen LogP contribution in [0.3, 0.4) is 0 Å². The van der Waals surface area contributed by atoms with E-state index >= 15 is 0 Å². The van der Waals surface area contributed by atoms with Gasteiger partial charge in [-0.3, -0.25) is 0 Å². The van der Waals surface area contributed by atoms with Crippen molar-refractivity contribution in [2.45, 2.75) is 31.6 Å². The molecule has 0 amide bonds. The minimum Gasteiger partial charge on any atom is -0.390 e. The highest BCUT2D eigenvalue weighted by Crippen LogP contribution is 2.16. The predicted octanol–water partition coefficient (Wildman–Crippen LogP) is 2.07. The maximum absolute atomic E-state index is 10.9. The Morgan fingerprint density at radius 2 is 1.88 bits per heavy atom. The van der Waals surface area contributed by atoms with Gasteiger partial charge >= 0.3 is 0 Å². The summed E-state index contributed by atoms with van der Waals surface area (Å²) in [6, 6.07) is 7.06. The van der Waals surface area contributed by atoms with Gasteiger partial charge in [0.2, 0.25) is 9.05 Å². The Balaban J connectivity index is 2.88. The van der Waals surface area contributed by atoms with E-state index in [-0.39, 0.29) is 5.75 Å². The summed E-state index contributed by atoms with van der Waals surface area (Å²) in [5.41, 5.74) is 0.723. The molecule has 0 bridgehead atoms. The summed E-state index contributed by atoms with van der Waals surface area (Å²) >= 11 is 0. The topological polar surface area (TPSA) is 54.4 Å². The average Bonchev–Trinajstić information content (AvgIpc) is 1.96. The number of hydrogen-bond acceptors (Lipinski definition) is 3. The first kappa shape index (κ1) is 13.5. The van der Waals surface area contributed by atoms with Crippen LogP contribution in [-0.4, -0.2) is 19.1 Å². The molecule has 0 saturated carbocycles. The molecular weight excluding hydrogens is 248 g/mol. The van der Waals surface area contributed by atoms with Crippen LogP contribution in [0.25, 0.3) is 0 Å². The van der Waals surface area contributed by atoms with Gasteiger partial charge in [0.05, 0.1) is 11.4 Å². The molecule has 0 atom stereocenters. The van der Waals surface area contributed by atoms with Crippen molar-refractivity contribution >= 4 is 19.7 Å². The lowest BCUT2D eigenvalue weighted by atomic mass is 9.98. The lowest BCUT2D eigenvalue weighted by Crippen LogP contribution is -2.21. The standard InChI is InChI=1S/C11H15ClO3S/c1-11(2,13)7-9-4-3-5-10(6-9)8-16(12,14)15/h3-6,13H,7-8H2,1-2H3. The Labute approximate surface area is 100 Å². The number of rotatable bonds is 4. The summed E-state index contributed by atoms with van der Waals surface area (Å²) in [6.45, 7) is 3.41. The summed E-state index contributed by atoms with van der Waals surface area (Å²) in [6.07, 6.45) is 0.475. The zero-order chi connectivity index (χ0) is 12.4. The first-order valence-corrected chi connectivity index (χ1v) is 7.36. The maximum Gasteiger partial charge on any atom is 0.236 e. The number of aliphatic hydroxyl groups is 1. The second kappa shape index (κ2) is 4.73. The molecule has 0 radical (unpaired) electrons. The summed E-state index contributed by atoms with van der Waals surface area (Å²) in [4.78, 5) is 0. The van der Waals surface area contributed by atoms with E-state index < -0.39 is 14.7 Å². The van der Waals surface area contributed by atoms with E-state index in [0.29, 0.717) is 12.0 Å². The normalized spacial score (nSPS) is 12.8. The molecule has 0 saturated heterocycles. The molecule has 0 heterocycles. The van der Waals surface area contributed by atoms with E-state index in [0.717, 1.165) is 5.56 Å². The summed E-state index contributed by atoms with van der Waals surface area (Å²) in [5.74, 6) is -0.186. The molecule has 1 rings (SSSR count). The van der Waals surface area contributed by atoms with Crippen LogP contribution in [0.15, 0.2) is 24.3 Å². The minimum atomic E-state index is -3.53.